The summed E-state index contributed by atoms with van der Waals surface area (Å²) in [5, 5.41) is 0. The number of piperidine rings is 1. The summed E-state index contributed by atoms with van der Waals surface area (Å²) < 4.78 is 0. The van der Waals surface area contributed by atoms with Crippen molar-refractivity contribution in [3.05, 3.63) is 0 Å². The van der Waals surface area contributed by atoms with Gasteiger partial charge in [-0.25, -0.2) is 0 Å². The molecule has 0 N–H and O–H groups in total. The van der Waals surface area contributed by atoms with Crippen LogP contribution in [0.4, 0.5) is 0 Å². The molecule has 1 heterocycles. The molecule has 0 aliphatic carbocycles. The molecule has 1 aliphatic rings. The number of Topliss-reactive ketones (excluding diaryl/α,β-unsaturated/α-hetero) is 1. The molecule has 1 amide bonds. The van der Waals surface area contributed by atoms with Crippen LogP contribution in [0.25, 0.3) is 0 Å². The van der Waals surface area contributed by atoms with Gasteiger partial charge in [-0.3, -0.25) is 9.59 Å². The van der Waals surface area contributed by atoms with Gasteiger partial charge in [-0.05, 0) is 19.8 Å². The molecule has 1 fully saturated rings. The van der Waals surface area contributed by atoms with E-state index >= 15 is 0 Å². The average molecular weight is 185 g/mol. The molecule has 3 nitrogen and oxygen atoms in total. The lowest BCUT2D eigenvalue weighted by molar-refractivity contribution is -0.132. The molecule has 76 valence electrons. The number of carbonyl (C=O) groups is 2. The number of hydrogen-bond donors (Lipinski definition) is 0. The molecule has 0 spiro atoms. The predicted octanol–water partition coefficient (Wildman–Crippen LogP) is 1.47. The summed E-state index contributed by atoms with van der Waals surface area (Å²) in [6.07, 6.45) is 1.68. The van der Waals surface area contributed by atoms with Gasteiger partial charge in [0.15, 0.2) is 0 Å². The van der Waals surface area contributed by atoms with Crippen molar-refractivity contribution in [2.45, 2.75) is 34.1 Å². The van der Waals surface area contributed by atoms with Crippen LogP contribution in [0.5, 0.6) is 0 Å². The molecule has 0 aromatic heterocycles. The lowest BCUT2D eigenvalue weighted by Crippen LogP contribution is -2.38. The van der Waals surface area contributed by atoms with Crippen molar-refractivity contribution in [3.8, 4) is 0 Å². The Morgan fingerprint density at radius 3 is 1.92 bits per heavy atom. The van der Waals surface area contributed by atoms with E-state index in [9.17, 15) is 9.59 Å². The zero-order chi connectivity index (χ0) is 9.14. The SMILES string of the molecule is C.CC(=O)C1CCN(C(C)=O)CC1. The quantitative estimate of drug-likeness (QED) is 0.620. The van der Waals surface area contributed by atoms with Gasteiger partial charge >= 0.3 is 0 Å². The third-order valence-corrected chi connectivity index (χ3v) is 2.52. The van der Waals surface area contributed by atoms with Crippen LogP contribution in [0.2, 0.25) is 0 Å². The minimum Gasteiger partial charge on any atom is -0.343 e. The number of amides is 1. The lowest BCUT2D eigenvalue weighted by atomic mass is 9.93. The van der Waals surface area contributed by atoms with E-state index in [1.165, 1.54) is 0 Å². The maximum absolute atomic E-state index is 11.0. The smallest absolute Gasteiger partial charge is 0.219 e. The largest absolute Gasteiger partial charge is 0.343 e. The lowest BCUT2D eigenvalue weighted by Gasteiger charge is -2.29. The normalized spacial score (nSPS) is 17.8. The fourth-order valence-electron chi connectivity index (χ4n) is 1.60. The molecule has 0 bridgehead atoms. The van der Waals surface area contributed by atoms with Crippen LogP contribution in [0.3, 0.4) is 0 Å². The van der Waals surface area contributed by atoms with E-state index in [2.05, 4.69) is 0 Å². The van der Waals surface area contributed by atoms with Gasteiger partial charge in [0.25, 0.3) is 0 Å². The summed E-state index contributed by atoms with van der Waals surface area (Å²) in [6.45, 7) is 4.71. The van der Waals surface area contributed by atoms with Gasteiger partial charge in [-0.15, -0.1) is 0 Å². The molecule has 0 unspecified atom stereocenters. The van der Waals surface area contributed by atoms with Gasteiger partial charge in [0, 0.05) is 25.9 Å². The fourth-order valence-corrected chi connectivity index (χ4v) is 1.60. The molecule has 1 saturated heterocycles. The van der Waals surface area contributed by atoms with E-state index in [0.29, 0.717) is 0 Å². The van der Waals surface area contributed by atoms with Gasteiger partial charge < -0.3 is 4.90 Å². The fraction of sp³-hybridized carbons (Fsp3) is 0.800. The van der Waals surface area contributed by atoms with Gasteiger partial charge in [0.05, 0.1) is 0 Å². The van der Waals surface area contributed by atoms with Crippen LogP contribution in [0.1, 0.15) is 34.1 Å². The number of rotatable bonds is 1. The maximum Gasteiger partial charge on any atom is 0.219 e. The molecular formula is C10H19NO2. The summed E-state index contributed by atoms with van der Waals surface area (Å²) in [6, 6.07) is 0. The van der Waals surface area contributed by atoms with E-state index in [1.807, 2.05) is 0 Å². The van der Waals surface area contributed by atoms with Crippen molar-refractivity contribution in [3.63, 3.8) is 0 Å². The van der Waals surface area contributed by atoms with Gasteiger partial charge in [0.2, 0.25) is 5.91 Å². The second kappa shape index (κ2) is 5.00. The molecule has 13 heavy (non-hydrogen) atoms. The van der Waals surface area contributed by atoms with E-state index < -0.39 is 0 Å². The first-order valence-electron chi connectivity index (χ1n) is 4.37. The Labute approximate surface area is 80.1 Å². The first-order valence-corrected chi connectivity index (χ1v) is 4.37. The van der Waals surface area contributed by atoms with Crippen molar-refractivity contribution < 1.29 is 9.59 Å². The van der Waals surface area contributed by atoms with E-state index in [1.54, 1.807) is 18.7 Å². The van der Waals surface area contributed by atoms with Crippen LogP contribution in [-0.2, 0) is 9.59 Å². The standard InChI is InChI=1S/C9H15NO2.CH4/c1-7(11)9-3-5-10(6-4-9)8(2)12;/h9H,3-6H2,1-2H3;1H4. The molecule has 0 aromatic rings. The minimum absolute atomic E-state index is 0. The molecule has 1 rings (SSSR count). The Kier molecular flexibility index (Phi) is 4.67. The first-order chi connectivity index (χ1) is 5.61. The van der Waals surface area contributed by atoms with Crippen molar-refractivity contribution in [1.29, 1.82) is 0 Å². The zero-order valence-corrected chi connectivity index (χ0v) is 7.67. The van der Waals surface area contributed by atoms with E-state index in [0.717, 1.165) is 25.9 Å². The third kappa shape index (κ3) is 3.17. The Bertz CT molecular complexity index is 171. The Hall–Kier alpha value is -0.860. The molecule has 3 heteroatoms. The Morgan fingerprint density at radius 2 is 1.62 bits per heavy atom. The number of hydrogen-bond acceptors (Lipinski definition) is 2. The van der Waals surface area contributed by atoms with Crippen LogP contribution in [0.15, 0.2) is 0 Å². The number of likely N-dealkylation sites (tertiary alicyclic amines) is 1. The highest BCUT2D eigenvalue weighted by Gasteiger charge is 2.22. The highest BCUT2D eigenvalue weighted by Crippen LogP contribution is 2.17. The maximum atomic E-state index is 11.0. The van der Waals surface area contributed by atoms with Crippen LogP contribution in [-0.4, -0.2) is 29.7 Å². The van der Waals surface area contributed by atoms with Crippen LogP contribution in [0, 0.1) is 5.92 Å². The number of carbonyl (C=O) groups excluding carboxylic acids is 2. The average Bonchev–Trinajstić information content (AvgIpc) is 2.04. The summed E-state index contributed by atoms with van der Waals surface area (Å²) in [4.78, 5) is 23.7. The summed E-state index contributed by atoms with van der Waals surface area (Å²) in [5.74, 6) is 0.579. The van der Waals surface area contributed by atoms with Crippen LogP contribution < -0.4 is 0 Å². The van der Waals surface area contributed by atoms with Gasteiger partial charge in [-0.1, -0.05) is 7.43 Å². The molecule has 0 radical (unpaired) electrons. The monoisotopic (exact) mass is 185 g/mol. The molecule has 0 atom stereocenters. The van der Waals surface area contributed by atoms with Gasteiger partial charge in [0.1, 0.15) is 5.78 Å². The highest BCUT2D eigenvalue weighted by molar-refractivity contribution is 5.79. The molecular weight excluding hydrogens is 166 g/mol. The topological polar surface area (TPSA) is 37.4 Å². The molecule has 1 aliphatic heterocycles. The zero-order valence-electron chi connectivity index (χ0n) is 7.67. The van der Waals surface area contributed by atoms with E-state index in [4.69, 9.17) is 0 Å². The molecule has 0 saturated carbocycles. The van der Waals surface area contributed by atoms with Crippen molar-refractivity contribution in [2.24, 2.45) is 5.92 Å². The van der Waals surface area contributed by atoms with Crippen molar-refractivity contribution >= 4 is 11.7 Å². The summed E-state index contributed by atoms with van der Waals surface area (Å²) >= 11 is 0. The minimum atomic E-state index is 0. The summed E-state index contributed by atoms with van der Waals surface area (Å²) in [7, 11) is 0. The van der Waals surface area contributed by atoms with E-state index in [-0.39, 0.29) is 25.0 Å². The highest BCUT2D eigenvalue weighted by atomic mass is 16.2. The molecule has 0 aromatic carbocycles. The Balaban J connectivity index is 0.00000144. The summed E-state index contributed by atoms with van der Waals surface area (Å²) in [5.41, 5.74) is 0. The Morgan fingerprint density at radius 1 is 1.15 bits per heavy atom. The van der Waals surface area contributed by atoms with Gasteiger partial charge in [-0.2, -0.15) is 0 Å². The second-order valence-corrected chi connectivity index (χ2v) is 3.39. The first kappa shape index (κ1) is 12.1. The number of nitrogens with zero attached hydrogens (tertiary/aromatic N) is 1. The second-order valence-electron chi connectivity index (χ2n) is 3.39. The van der Waals surface area contributed by atoms with Crippen molar-refractivity contribution in [2.75, 3.05) is 13.1 Å². The van der Waals surface area contributed by atoms with Crippen LogP contribution >= 0.6 is 0 Å². The predicted molar refractivity (Wildman–Crippen MR) is 52.4 cm³/mol. The third-order valence-electron chi connectivity index (χ3n) is 2.52. The van der Waals surface area contributed by atoms with Crippen molar-refractivity contribution in [1.82, 2.24) is 4.90 Å². The number of ketones is 1.